The molecule has 13 heavy (non-hydrogen) atoms. The quantitative estimate of drug-likeness (QED) is 0.662. The normalized spacial score (nSPS) is 15.2. The Bertz CT molecular complexity index is 159. The first-order chi connectivity index (χ1) is 6.04. The Morgan fingerprint density at radius 2 is 2.00 bits per heavy atom. The van der Waals surface area contributed by atoms with E-state index < -0.39 is 0 Å². The van der Waals surface area contributed by atoms with Gasteiger partial charge in [-0.1, -0.05) is 27.2 Å². The molecular weight excluding hydrogens is 164 g/mol. The lowest BCUT2D eigenvalue weighted by atomic mass is 10.1. The number of amides is 1. The van der Waals surface area contributed by atoms with Crippen LogP contribution in [0.25, 0.3) is 0 Å². The van der Waals surface area contributed by atoms with Crippen LogP contribution < -0.4 is 5.73 Å². The van der Waals surface area contributed by atoms with Crippen molar-refractivity contribution in [2.24, 2.45) is 11.7 Å². The van der Waals surface area contributed by atoms with Crippen molar-refractivity contribution in [2.75, 3.05) is 7.05 Å². The molecule has 78 valence electrons. The molecule has 3 heteroatoms. The molecule has 0 aliphatic rings. The molecule has 0 saturated heterocycles. The number of rotatable bonds is 5. The van der Waals surface area contributed by atoms with Gasteiger partial charge in [-0.15, -0.1) is 0 Å². The molecule has 3 nitrogen and oxygen atoms in total. The average molecular weight is 186 g/mol. The molecule has 0 aromatic rings. The Labute approximate surface area is 81.3 Å². The SMILES string of the molecule is CCCC(N)N(C)C(=O)C(C)CC. The van der Waals surface area contributed by atoms with Crippen LogP contribution in [-0.4, -0.2) is 24.0 Å². The lowest BCUT2D eigenvalue weighted by Gasteiger charge is -2.26. The maximum atomic E-state index is 11.6. The molecular formula is C10H22N2O. The van der Waals surface area contributed by atoms with E-state index in [4.69, 9.17) is 5.73 Å². The van der Waals surface area contributed by atoms with Crippen molar-refractivity contribution in [3.8, 4) is 0 Å². The summed E-state index contributed by atoms with van der Waals surface area (Å²) >= 11 is 0. The maximum Gasteiger partial charge on any atom is 0.226 e. The fourth-order valence-corrected chi connectivity index (χ4v) is 1.18. The lowest BCUT2D eigenvalue weighted by Crippen LogP contribution is -2.45. The van der Waals surface area contributed by atoms with Gasteiger partial charge in [0.25, 0.3) is 0 Å². The van der Waals surface area contributed by atoms with Crippen molar-refractivity contribution in [2.45, 2.75) is 46.2 Å². The van der Waals surface area contributed by atoms with Gasteiger partial charge in [-0.2, -0.15) is 0 Å². The third-order valence-corrected chi connectivity index (χ3v) is 2.46. The van der Waals surface area contributed by atoms with Crippen molar-refractivity contribution < 1.29 is 4.79 Å². The third-order valence-electron chi connectivity index (χ3n) is 2.46. The zero-order chi connectivity index (χ0) is 10.4. The van der Waals surface area contributed by atoms with Crippen LogP contribution in [-0.2, 0) is 4.79 Å². The highest BCUT2D eigenvalue weighted by Gasteiger charge is 2.19. The lowest BCUT2D eigenvalue weighted by molar-refractivity contribution is -0.135. The summed E-state index contributed by atoms with van der Waals surface area (Å²) in [6, 6.07) is 0. The summed E-state index contributed by atoms with van der Waals surface area (Å²) in [7, 11) is 1.79. The molecule has 2 atom stereocenters. The number of hydrogen-bond donors (Lipinski definition) is 1. The van der Waals surface area contributed by atoms with E-state index in [1.165, 1.54) is 0 Å². The molecule has 0 heterocycles. The monoisotopic (exact) mass is 186 g/mol. The summed E-state index contributed by atoms with van der Waals surface area (Å²) in [6.07, 6.45) is 2.64. The number of nitrogens with zero attached hydrogens (tertiary/aromatic N) is 1. The maximum absolute atomic E-state index is 11.6. The molecule has 0 aliphatic heterocycles. The van der Waals surface area contributed by atoms with Crippen LogP contribution in [0.5, 0.6) is 0 Å². The van der Waals surface area contributed by atoms with Crippen molar-refractivity contribution in [1.82, 2.24) is 4.90 Å². The van der Waals surface area contributed by atoms with Crippen LogP contribution in [0.3, 0.4) is 0 Å². The van der Waals surface area contributed by atoms with E-state index in [9.17, 15) is 4.79 Å². The predicted octanol–water partition coefficient (Wildman–Crippen LogP) is 1.58. The Morgan fingerprint density at radius 1 is 1.46 bits per heavy atom. The Kier molecular flexibility index (Phi) is 5.71. The van der Waals surface area contributed by atoms with E-state index in [1.54, 1.807) is 11.9 Å². The minimum Gasteiger partial charge on any atom is -0.330 e. The van der Waals surface area contributed by atoms with Crippen molar-refractivity contribution in [1.29, 1.82) is 0 Å². The summed E-state index contributed by atoms with van der Waals surface area (Å²) in [5.41, 5.74) is 5.83. The molecule has 0 aromatic heterocycles. The molecule has 2 unspecified atom stereocenters. The van der Waals surface area contributed by atoms with Crippen molar-refractivity contribution in [3.05, 3.63) is 0 Å². The molecule has 0 spiro atoms. The van der Waals surface area contributed by atoms with Crippen molar-refractivity contribution in [3.63, 3.8) is 0 Å². The Balaban J connectivity index is 4.08. The molecule has 0 rings (SSSR count). The van der Waals surface area contributed by atoms with Crippen LogP contribution >= 0.6 is 0 Å². The van der Waals surface area contributed by atoms with E-state index in [2.05, 4.69) is 6.92 Å². The Hall–Kier alpha value is -0.570. The first kappa shape index (κ1) is 12.4. The van der Waals surface area contributed by atoms with Gasteiger partial charge in [0.1, 0.15) is 0 Å². The van der Waals surface area contributed by atoms with Crippen LogP contribution in [0, 0.1) is 5.92 Å². The molecule has 0 fully saturated rings. The summed E-state index contributed by atoms with van der Waals surface area (Å²) in [5.74, 6) is 0.247. The standard InChI is InChI=1S/C10H22N2O/c1-5-7-9(11)12(4)10(13)8(3)6-2/h8-9H,5-7,11H2,1-4H3. The van der Waals surface area contributed by atoms with Crippen LogP contribution in [0.4, 0.5) is 0 Å². The van der Waals surface area contributed by atoms with Gasteiger partial charge in [-0.25, -0.2) is 0 Å². The fraction of sp³-hybridized carbons (Fsp3) is 0.900. The van der Waals surface area contributed by atoms with E-state index in [-0.39, 0.29) is 18.0 Å². The van der Waals surface area contributed by atoms with Gasteiger partial charge in [0.05, 0.1) is 6.17 Å². The van der Waals surface area contributed by atoms with Gasteiger partial charge in [0.15, 0.2) is 0 Å². The largest absolute Gasteiger partial charge is 0.330 e. The first-order valence-electron chi connectivity index (χ1n) is 5.06. The van der Waals surface area contributed by atoms with Gasteiger partial charge in [0, 0.05) is 13.0 Å². The third kappa shape index (κ3) is 3.77. The summed E-state index contributed by atoms with van der Waals surface area (Å²) in [4.78, 5) is 13.3. The molecule has 0 radical (unpaired) electrons. The number of carbonyl (C=O) groups is 1. The highest BCUT2D eigenvalue weighted by Crippen LogP contribution is 2.08. The van der Waals surface area contributed by atoms with Crippen LogP contribution in [0.1, 0.15) is 40.0 Å². The van der Waals surface area contributed by atoms with E-state index in [0.717, 1.165) is 19.3 Å². The highest BCUT2D eigenvalue weighted by molar-refractivity contribution is 5.78. The smallest absolute Gasteiger partial charge is 0.226 e. The number of nitrogens with two attached hydrogens (primary N) is 1. The molecule has 0 aromatic carbocycles. The first-order valence-corrected chi connectivity index (χ1v) is 5.06. The minimum absolute atomic E-state index is 0.0907. The second kappa shape index (κ2) is 5.97. The van der Waals surface area contributed by atoms with Gasteiger partial charge in [-0.3, -0.25) is 4.79 Å². The number of hydrogen-bond acceptors (Lipinski definition) is 2. The predicted molar refractivity (Wildman–Crippen MR) is 55.1 cm³/mol. The minimum atomic E-state index is -0.119. The molecule has 0 saturated carbocycles. The topological polar surface area (TPSA) is 46.3 Å². The van der Waals surface area contributed by atoms with E-state index in [1.807, 2.05) is 13.8 Å². The molecule has 0 aliphatic carbocycles. The molecule has 2 N–H and O–H groups in total. The second-order valence-electron chi connectivity index (χ2n) is 3.61. The van der Waals surface area contributed by atoms with Crippen molar-refractivity contribution >= 4 is 5.91 Å². The van der Waals surface area contributed by atoms with Crippen LogP contribution in [0.2, 0.25) is 0 Å². The molecule has 1 amide bonds. The summed E-state index contributed by atoms with van der Waals surface area (Å²) in [5, 5.41) is 0. The molecule has 0 bridgehead atoms. The van der Waals surface area contributed by atoms with Crippen LogP contribution in [0.15, 0.2) is 0 Å². The van der Waals surface area contributed by atoms with Gasteiger partial charge in [0.2, 0.25) is 5.91 Å². The number of carbonyl (C=O) groups excluding carboxylic acids is 1. The average Bonchev–Trinajstić information content (AvgIpc) is 2.14. The zero-order valence-corrected chi connectivity index (χ0v) is 9.21. The van der Waals surface area contributed by atoms with E-state index >= 15 is 0 Å². The van der Waals surface area contributed by atoms with E-state index in [0.29, 0.717) is 0 Å². The highest BCUT2D eigenvalue weighted by atomic mass is 16.2. The zero-order valence-electron chi connectivity index (χ0n) is 9.21. The van der Waals surface area contributed by atoms with Gasteiger partial charge < -0.3 is 10.6 Å². The Morgan fingerprint density at radius 3 is 2.38 bits per heavy atom. The second-order valence-corrected chi connectivity index (χ2v) is 3.61. The summed E-state index contributed by atoms with van der Waals surface area (Å²) < 4.78 is 0. The summed E-state index contributed by atoms with van der Waals surface area (Å²) in [6.45, 7) is 6.03. The fourth-order valence-electron chi connectivity index (χ4n) is 1.18. The van der Waals surface area contributed by atoms with Gasteiger partial charge in [-0.05, 0) is 12.8 Å². The van der Waals surface area contributed by atoms with Gasteiger partial charge >= 0.3 is 0 Å².